The zero-order chi connectivity index (χ0) is 18.8. The summed E-state index contributed by atoms with van der Waals surface area (Å²) in [5, 5.41) is 0. The number of para-hydroxylation sites is 1. The highest BCUT2D eigenvalue weighted by Crippen LogP contribution is 2.33. The summed E-state index contributed by atoms with van der Waals surface area (Å²) in [6.45, 7) is 3.02. The van der Waals surface area contributed by atoms with E-state index in [1.54, 1.807) is 18.3 Å². The fraction of sp³-hybridized carbons (Fsp3) is 0.429. The Morgan fingerprint density at radius 3 is 3.00 bits per heavy atom. The summed E-state index contributed by atoms with van der Waals surface area (Å²) < 4.78 is 12.3. The number of fused-ring (bicyclic) bond motifs is 1. The molecule has 3 heterocycles. The maximum absolute atomic E-state index is 11.5. The number of carbonyl (C=O) groups is 1. The Kier molecular flexibility index (Phi) is 5.09. The van der Waals surface area contributed by atoms with Gasteiger partial charge in [-0.15, -0.1) is 0 Å². The van der Waals surface area contributed by atoms with Crippen molar-refractivity contribution in [2.24, 2.45) is 5.73 Å². The molecule has 0 bridgehead atoms. The monoisotopic (exact) mass is 367 g/mol. The molecule has 2 aliphatic rings. The molecule has 2 aromatic rings. The van der Waals surface area contributed by atoms with Crippen molar-refractivity contribution in [1.29, 1.82) is 0 Å². The quantitative estimate of drug-likeness (QED) is 0.879. The van der Waals surface area contributed by atoms with Gasteiger partial charge in [0.1, 0.15) is 12.0 Å². The number of piperidine rings is 1. The van der Waals surface area contributed by atoms with Crippen LogP contribution in [0.1, 0.15) is 53.8 Å². The second-order valence-corrected chi connectivity index (χ2v) is 7.19. The number of benzene rings is 1. The van der Waals surface area contributed by atoms with Gasteiger partial charge in [-0.05, 0) is 44.4 Å². The van der Waals surface area contributed by atoms with Crippen molar-refractivity contribution < 1.29 is 14.3 Å². The minimum absolute atomic E-state index is 0.0263. The van der Waals surface area contributed by atoms with Crippen LogP contribution in [0.25, 0.3) is 0 Å². The summed E-state index contributed by atoms with van der Waals surface area (Å²) >= 11 is 0. The highest BCUT2D eigenvalue weighted by Gasteiger charge is 2.33. The molecule has 0 saturated carbocycles. The van der Waals surface area contributed by atoms with Gasteiger partial charge in [0.2, 0.25) is 12.2 Å². The zero-order valence-electron chi connectivity index (χ0n) is 15.5. The summed E-state index contributed by atoms with van der Waals surface area (Å²) in [6.07, 6.45) is 5.31. The second kappa shape index (κ2) is 7.66. The molecule has 2 N–H and O–H groups in total. The molecular weight excluding hydrogens is 342 g/mol. The molecule has 3 atom stereocenters. The first-order chi connectivity index (χ1) is 13.1. The smallest absolute Gasteiger partial charge is 0.248 e. The van der Waals surface area contributed by atoms with E-state index in [9.17, 15) is 4.79 Å². The summed E-state index contributed by atoms with van der Waals surface area (Å²) in [6, 6.07) is 11.5. The van der Waals surface area contributed by atoms with Gasteiger partial charge in [0, 0.05) is 30.3 Å². The largest absolute Gasteiger partial charge is 0.464 e. The fourth-order valence-corrected chi connectivity index (χ4v) is 3.91. The first kappa shape index (κ1) is 17.9. The standard InChI is InChI=1S/C21H25N3O3/c1-14(17-12-16(21(22)25)9-10-23-17)24-11-5-4-8-19(24)27-20-13-15-6-2-3-7-18(15)26-20/h2-3,6-7,9-10,12,14,19-20H,4-5,8,11,13H2,1H3,(H2,22,25). The molecule has 0 spiro atoms. The van der Waals surface area contributed by atoms with Gasteiger partial charge in [-0.1, -0.05) is 18.2 Å². The number of nitrogens with two attached hydrogens (primary N) is 1. The number of nitrogens with zero attached hydrogens (tertiary/aromatic N) is 2. The van der Waals surface area contributed by atoms with Crippen LogP contribution in [-0.2, 0) is 11.2 Å². The number of ether oxygens (including phenoxy) is 2. The Morgan fingerprint density at radius 1 is 1.33 bits per heavy atom. The number of aromatic nitrogens is 1. The normalized spacial score (nSPS) is 23.4. The maximum atomic E-state index is 11.5. The molecule has 1 amide bonds. The third-order valence-corrected chi connectivity index (χ3v) is 5.40. The van der Waals surface area contributed by atoms with Crippen LogP contribution in [0.4, 0.5) is 0 Å². The molecule has 27 heavy (non-hydrogen) atoms. The lowest BCUT2D eigenvalue weighted by Crippen LogP contribution is -2.45. The van der Waals surface area contributed by atoms with Crippen LogP contribution in [0.5, 0.6) is 5.75 Å². The van der Waals surface area contributed by atoms with E-state index < -0.39 is 5.91 Å². The van der Waals surface area contributed by atoms with Gasteiger partial charge in [0.05, 0.1) is 11.7 Å². The second-order valence-electron chi connectivity index (χ2n) is 7.19. The van der Waals surface area contributed by atoms with Crippen molar-refractivity contribution in [2.75, 3.05) is 6.54 Å². The lowest BCUT2D eigenvalue weighted by Gasteiger charge is -2.40. The van der Waals surface area contributed by atoms with E-state index in [0.29, 0.717) is 5.56 Å². The third-order valence-electron chi connectivity index (χ3n) is 5.40. The molecule has 1 aromatic heterocycles. The number of hydrogen-bond acceptors (Lipinski definition) is 5. The van der Waals surface area contributed by atoms with E-state index in [4.69, 9.17) is 15.2 Å². The number of pyridine rings is 1. The van der Waals surface area contributed by atoms with Crippen molar-refractivity contribution in [2.45, 2.75) is 51.2 Å². The highest BCUT2D eigenvalue weighted by atomic mass is 16.7. The van der Waals surface area contributed by atoms with E-state index in [1.807, 2.05) is 18.2 Å². The van der Waals surface area contributed by atoms with Crippen molar-refractivity contribution in [3.63, 3.8) is 0 Å². The van der Waals surface area contributed by atoms with Crippen LogP contribution >= 0.6 is 0 Å². The summed E-state index contributed by atoms with van der Waals surface area (Å²) in [4.78, 5) is 18.3. The van der Waals surface area contributed by atoms with Crippen LogP contribution in [0.15, 0.2) is 42.6 Å². The van der Waals surface area contributed by atoms with E-state index in [2.05, 4.69) is 22.9 Å². The Balaban J connectivity index is 1.48. The lowest BCUT2D eigenvalue weighted by atomic mass is 10.0. The number of carbonyl (C=O) groups excluding carboxylic acids is 1. The van der Waals surface area contributed by atoms with Gasteiger partial charge in [0.15, 0.2) is 0 Å². The first-order valence-corrected chi connectivity index (χ1v) is 9.53. The molecule has 142 valence electrons. The van der Waals surface area contributed by atoms with Gasteiger partial charge in [-0.3, -0.25) is 14.7 Å². The Morgan fingerprint density at radius 2 is 2.19 bits per heavy atom. The van der Waals surface area contributed by atoms with Crippen molar-refractivity contribution in [1.82, 2.24) is 9.88 Å². The van der Waals surface area contributed by atoms with Gasteiger partial charge >= 0.3 is 0 Å². The van der Waals surface area contributed by atoms with Crippen molar-refractivity contribution in [3.8, 4) is 5.75 Å². The molecule has 0 aliphatic carbocycles. The Bertz CT molecular complexity index is 801. The molecule has 6 heteroatoms. The summed E-state index contributed by atoms with van der Waals surface area (Å²) in [5.74, 6) is 0.475. The molecular formula is C21H25N3O3. The van der Waals surface area contributed by atoms with Crippen LogP contribution < -0.4 is 10.5 Å². The number of primary amides is 1. The number of likely N-dealkylation sites (tertiary alicyclic amines) is 1. The number of rotatable bonds is 5. The topological polar surface area (TPSA) is 77.7 Å². The maximum Gasteiger partial charge on any atom is 0.248 e. The Hall–Kier alpha value is -2.44. The van der Waals surface area contributed by atoms with Crippen LogP contribution in [-0.4, -0.2) is 34.9 Å². The highest BCUT2D eigenvalue weighted by molar-refractivity contribution is 5.92. The molecule has 1 fully saturated rings. The molecule has 4 rings (SSSR count). The first-order valence-electron chi connectivity index (χ1n) is 9.53. The number of hydrogen-bond donors (Lipinski definition) is 1. The average Bonchev–Trinajstić information content (AvgIpc) is 3.10. The predicted octanol–water partition coefficient (Wildman–Crippen LogP) is 3.03. The van der Waals surface area contributed by atoms with Crippen molar-refractivity contribution >= 4 is 5.91 Å². The number of amides is 1. The van der Waals surface area contributed by atoms with Gasteiger partial charge < -0.3 is 15.2 Å². The summed E-state index contributed by atoms with van der Waals surface area (Å²) in [7, 11) is 0. The van der Waals surface area contributed by atoms with Crippen LogP contribution in [0.3, 0.4) is 0 Å². The molecule has 2 aliphatic heterocycles. The lowest BCUT2D eigenvalue weighted by molar-refractivity contribution is -0.181. The van der Waals surface area contributed by atoms with Crippen LogP contribution in [0, 0.1) is 0 Å². The molecule has 1 aromatic carbocycles. The third kappa shape index (κ3) is 3.82. The van der Waals surface area contributed by atoms with Gasteiger partial charge in [-0.25, -0.2) is 0 Å². The Labute approximate surface area is 159 Å². The van der Waals surface area contributed by atoms with Crippen LogP contribution in [0.2, 0.25) is 0 Å². The fourth-order valence-electron chi connectivity index (χ4n) is 3.91. The zero-order valence-corrected chi connectivity index (χ0v) is 15.5. The van der Waals surface area contributed by atoms with Gasteiger partial charge in [-0.2, -0.15) is 0 Å². The average molecular weight is 367 g/mol. The van der Waals surface area contributed by atoms with E-state index in [0.717, 1.165) is 43.7 Å². The molecule has 0 radical (unpaired) electrons. The molecule has 6 nitrogen and oxygen atoms in total. The predicted molar refractivity (Wildman–Crippen MR) is 101 cm³/mol. The van der Waals surface area contributed by atoms with Crippen molar-refractivity contribution in [3.05, 3.63) is 59.4 Å². The van der Waals surface area contributed by atoms with Gasteiger partial charge in [0.25, 0.3) is 0 Å². The molecule has 3 unspecified atom stereocenters. The van der Waals surface area contributed by atoms with E-state index in [-0.39, 0.29) is 18.6 Å². The summed E-state index contributed by atoms with van der Waals surface area (Å²) in [5.41, 5.74) is 7.92. The molecule has 1 saturated heterocycles. The minimum atomic E-state index is -0.436. The minimum Gasteiger partial charge on any atom is -0.464 e. The van der Waals surface area contributed by atoms with E-state index >= 15 is 0 Å². The SMILES string of the molecule is CC(c1cc(C(N)=O)ccn1)N1CCCCC1OC1Cc2ccccc2O1. The van der Waals surface area contributed by atoms with E-state index in [1.165, 1.54) is 5.56 Å².